The fraction of sp³-hybridized carbons (Fsp3) is 0.125. The van der Waals surface area contributed by atoms with Crippen molar-refractivity contribution in [2.24, 2.45) is 0 Å². The molecule has 0 heterocycles. The van der Waals surface area contributed by atoms with Crippen molar-refractivity contribution in [3.05, 3.63) is 63.6 Å². The normalized spacial score (nSPS) is 11.1. The summed E-state index contributed by atoms with van der Waals surface area (Å²) in [6.07, 6.45) is -4.50. The lowest BCUT2D eigenvalue weighted by atomic mass is 10.1. The second kappa shape index (κ2) is 7.76. The summed E-state index contributed by atoms with van der Waals surface area (Å²) in [5.74, 6) is -1.59. The summed E-state index contributed by atoms with van der Waals surface area (Å²) < 4.78 is 42.1. The molecular weight excluding hydrogens is 382 g/mol. The van der Waals surface area contributed by atoms with E-state index in [4.69, 9.17) is 27.9 Å². The van der Waals surface area contributed by atoms with Crippen molar-refractivity contribution in [3.8, 4) is 0 Å². The molecule has 2 aromatic carbocycles. The summed E-state index contributed by atoms with van der Waals surface area (Å²) in [5.41, 5.74) is -0.717. The fourth-order valence-electron chi connectivity index (χ4n) is 1.79. The predicted octanol–water partition coefficient (Wildman–Crippen LogP) is 4.81. The molecule has 0 saturated carbocycles. The van der Waals surface area contributed by atoms with Gasteiger partial charge in [-0.1, -0.05) is 23.2 Å². The molecule has 132 valence electrons. The van der Waals surface area contributed by atoms with E-state index < -0.39 is 30.2 Å². The minimum absolute atomic E-state index is 0.106. The first-order valence-electron chi connectivity index (χ1n) is 6.76. The van der Waals surface area contributed by atoms with Crippen LogP contribution in [0.3, 0.4) is 0 Å². The van der Waals surface area contributed by atoms with E-state index in [9.17, 15) is 22.8 Å². The van der Waals surface area contributed by atoms with Gasteiger partial charge in [0.15, 0.2) is 6.61 Å². The summed E-state index contributed by atoms with van der Waals surface area (Å²) in [7, 11) is 0. The largest absolute Gasteiger partial charge is 0.452 e. The molecule has 0 aliphatic heterocycles. The van der Waals surface area contributed by atoms with Crippen molar-refractivity contribution >= 4 is 40.8 Å². The number of rotatable bonds is 4. The smallest absolute Gasteiger partial charge is 0.416 e. The van der Waals surface area contributed by atoms with Gasteiger partial charge in [0.25, 0.3) is 5.91 Å². The van der Waals surface area contributed by atoms with Crippen molar-refractivity contribution < 1.29 is 27.5 Å². The first-order chi connectivity index (χ1) is 11.7. The molecule has 25 heavy (non-hydrogen) atoms. The lowest BCUT2D eigenvalue weighted by Crippen LogP contribution is -2.21. The molecule has 0 aliphatic carbocycles. The third-order valence-electron chi connectivity index (χ3n) is 2.99. The Morgan fingerprint density at radius 1 is 1.04 bits per heavy atom. The Morgan fingerprint density at radius 3 is 2.24 bits per heavy atom. The van der Waals surface area contributed by atoms with Crippen LogP contribution in [0.5, 0.6) is 0 Å². The van der Waals surface area contributed by atoms with Crippen LogP contribution >= 0.6 is 23.2 Å². The van der Waals surface area contributed by atoms with Crippen LogP contribution in [0, 0.1) is 0 Å². The number of alkyl halides is 3. The van der Waals surface area contributed by atoms with Crippen LogP contribution in [-0.2, 0) is 15.7 Å². The molecule has 2 rings (SSSR count). The molecule has 0 bridgehead atoms. The Hall–Kier alpha value is -2.25. The van der Waals surface area contributed by atoms with Crippen LogP contribution in [0.25, 0.3) is 0 Å². The maximum absolute atomic E-state index is 12.5. The van der Waals surface area contributed by atoms with Crippen LogP contribution in [0.2, 0.25) is 10.0 Å². The van der Waals surface area contributed by atoms with E-state index in [-0.39, 0.29) is 16.3 Å². The van der Waals surface area contributed by atoms with Gasteiger partial charge in [-0.2, -0.15) is 13.2 Å². The number of carbonyl (C=O) groups excluding carboxylic acids is 2. The monoisotopic (exact) mass is 391 g/mol. The lowest BCUT2D eigenvalue weighted by molar-refractivity contribution is -0.137. The number of benzene rings is 2. The fourth-order valence-corrected chi connectivity index (χ4v) is 2.24. The first kappa shape index (κ1) is 19.1. The van der Waals surface area contributed by atoms with Crippen molar-refractivity contribution in [2.45, 2.75) is 6.18 Å². The van der Waals surface area contributed by atoms with Gasteiger partial charge in [-0.15, -0.1) is 0 Å². The Labute approximate surface area is 150 Å². The maximum Gasteiger partial charge on any atom is 0.416 e. The van der Waals surface area contributed by atoms with Gasteiger partial charge in [0, 0.05) is 5.02 Å². The summed E-state index contributed by atoms with van der Waals surface area (Å²) in [5, 5.41) is 3.01. The predicted molar refractivity (Wildman–Crippen MR) is 86.8 cm³/mol. The summed E-state index contributed by atoms with van der Waals surface area (Å²) in [6.45, 7) is -0.626. The Bertz CT molecular complexity index is 792. The molecular formula is C16H10Cl2F3NO3. The molecule has 0 unspecified atom stereocenters. The molecule has 2 aromatic rings. The molecule has 0 radical (unpaired) electrons. The highest BCUT2D eigenvalue weighted by atomic mass is 35.5. The Balaban J connectivity index is 1.92. The average molecular weight is 392 g/mol. The van der Waals surface area contributed by atoms with E-state index in [1.165, 1.54) is 18.2 Å². The zero-order valence-corrected chi connectivity index (χ0v) is 13.9. The standard InChI is InChI=1S/C16H10Cl2F3NO3/c17-11-5-6-13(12(18)7-11)22-14(23)8-25-15(24)9-1-3-10(4-2-9)16(19,20)21/h1-7H,8H2,(H,22,23). The molecule has 0 aliphatic rings. The highest BCUT2D eigenvalue weighted by Gasteiger charge is 2.30. The van der Waals surface area contributed by atoms with Gasteiger partial charge < -0.3 is 10.1 Å². The third kappa shape index (κ3) is 5.37. The van der Waals surface area contributed by atoms with E-state index in [1.54, 1.807) is 0 Å². The van der Waals surface area contributed by atoms with Crippen molar-refractivity contribution in [3.63, 3.8) is 0 Å². The molecule has 0 atom stereocenters. The number of nitrogens with one attached hydrogen (secondary N) is 1. The van der Waals surface area contributed by atoms with E-state index in [0.717, 1.165) is 24.3 Å². The van der Waals surface area contributed by atoms with Crippen LogP contribution in [0.4, 0.5) is 18.9 Å². The number of halogens is 5. The number of amides is 1. The topological polar surface area (TPSA) is 55.4 Å². The minimum atomic E-state index is -4.50. The Morgan fingerprint density at radius 2 is 1.68 bits per heavy atom. The molecule has 4 nitrogen and oxygen atoms in total. The number of ether oxygens (including phenoxy) is 1. The van der Waals surface area contributed by atoms with Crippen LogP contribution < -0.4 is 5.32 Å². The van der Waals surface area contributed by atoms with Crippen LogP contribution in [0.1, 0.15) is 15.9 Å². The number of anilines is 1. The van der Waals surface area contributed by atoms with Crippen LogP contribution in [0.15, 0.2) is 42.5 Å². The van der Waals surface area contributed by atoms with Gasteiger partial charge in [0.1, 0.15) is 0 Å². The SMILES string of the molecule is O=C(COC(=O)c1ccc(C(F)(F)F)cc1)Nc1ccc(Cl)cc1Cl. The average Bonchev–Trinajstić information content (AvgIpc) is 2.54. The van der Waals surface area contributed by atoms with E-state index >= 15 is 0 Å². The summed E-state index contributed by atoms with van der Waals surface area (Å²) in [6, 6.07) is 7.86. The molecule has 9 heteroatoms. The summed E-state index contributed by atoms with van der Waals surface area (Å²) >= 11 is 11.6. The molecule has 1 N–H and O–H groups in total. The molecule has 0 fully saturated rings. The van der Waals surface area contributed by atoms with Gasteiger partial charge in [-0.05, 0) is 42.5 Å². The van der Waals surface area contributed by atoms with Gasteiger partial charge >= 0.3 is 12.1 Å². The van der Waals surface area contributed by atoms with E-state index in [1.807, 2.05) is 0 Å². The molecule has 0 saturated heterocycles. The second-order valence-electron chi connectivity index (χ2n) is 4.82. The Kier molecular flexibility index (Phi) is 5.92. The third-order valence-corrected chi connectivity index (χ3v) is 3.54. The summed E-state index contributed by atoms with van der Waals surface area (Å²) in [4.78, 5) is 23.5. The van der Waals surface area contributed by atoms with Crippen molar-refractivity contribution in [1.29, 1.82) is 0 Å². The number of carbonyl (C=O) groups is 2. The van der Waals surface area contributed by atoms with E-state index in [0.29, 0.717) is 5.02 Å². The van der Waals surface area contributed by atoms with Gasteiger partial charge in [-0.25, -0.2) is 4.79 Å². The number of esters is 1. The first-order valence-corrected chi connectivity index (χ1v) is 7.51. The molecule has 0 spiro atoms. The molecule has 0 aromatic heterocycles. The van der Waals surface area contributed by atoms with Crippen molar-refractivity contribution in [2.75, 3.05) is 11.9 Å². The molecule has 1 amide bonds. The second-order valence-corrected chi connectivity index (χ2v) is 5.67. The van der Waals surface area contributed by atoms with Gasteiger partial charge in [-0.3, -0.25) is 4.79 Å². The highest BCUT2D eigenvalue weighted by molar-refractivity contribution is 6.36. The lowest BCUT2D eigenvalue weighted by Gasteiger charge is -2.09. The van der Waals surface area contributed by atoms with Crippen LogP contribution in [-0.4, -0.2) is 18.5 Å². The van der Waals surface area contributed by atoms with Gasteiger partial charge in [0.2, 0.25) is 0 Å². The van der Waals surface area contributed by atoms with E-state index in [2.05, 4.69) is 5.32 Å². The quantitative estimate of drug-likeness (QED) is 0.761. The minimum Gasteiger partial charge on any atom is -0.452 e. The number of hydrogen-bond acceptors (Lipinski definition) is 3. The van der Waals surface area contributed by atoms with Gasteiger partial charge in [0.05, 0.1) is 21.8 Å². The maximum atomic E-state index is 12.5. The highest BCUT2D eigenvalue weighted by Crippen LogP contribution is 2.29. The van der Waals surface area contributed by atoms with Crippen molar-refractivity contribution in [1.82, 2.24) is 0 Å². The number of hydrogen-bond donors (Lipinski definition) is 1. The zero-order valence-electron chi connectivity index (χ0n) is 12.4. The zero-order chi connectivity index (χ0) is 18.6.